The third-order valence-corrected chi connectivity index (χ3v) is 4.84. The van der Waals surface area contributed by atoms with Gasteiger partial charge in [-0.2, -0.15) is 4.98 Å². The van der Waals surface area contributed by atoms with E-state index in [-0.39, 0.29) is 5.28 Å². The first-order valence-electron chi connectivity index (χ1n) is 5.75. The van der Waals surface area contributed by atoms with Crippen LogP contribution in [0.2, 0.25) is 5.28 Å². The summed E-state index contributed by atoms with van der Waals surface area (Å²) >= 11 is 11.1. The minimum absolute atomic E-state index is 0.266. The van der Waals surface area contributed by atoms with Gasteiger partial charge in [0.1, 0.15) is 5.82 Å². The van der Waals surface area contributed by atoms with E-state index in [1.807, 2.05) is 11.3 Å². The molecule has 0 amide bonds. The lowest BCUT2D eigenvalue weighted by atomic mass is 9.94. The Morgan fingerprint density at radius 3 is 3.28 bits per heavy atom. The molecule has 2 aromatic heterocycles. The molecule has 0 saturated heterocycles. The summed E-state index contributed by atoms with van der Waals surface area (Å²) in [5, 5.41) is 5.88. The maximum Gasteiger partial charge on any atom is 0.224 e. The smallest absolute Gasteiger partial charge is 0.224 e. The molecule has 0 radical (unpaired) electrons. The topological polar surface area (TPSA) is 37.8 Å². The van der Waals surface area contributed by atoms with Gasteiger partial charge >= 0.3 is 0 Å². The molecule has 3 rings (SSSR count). The first-order valence-corrected chi connectivity index (χ1v) is 7.80. The number of hydrogen-bond acceptors (Lipinski definition) is 4. The maximum atomic E-state index is 5.83. The van der Waals surface area contributed by atoms with Crippen LogP contribution < -0.4 is 5.32 Å². The fourth-order valence-electron chi connectivity index (χ4n) is 2.25. The van der Waals surface area contributed by atoms with Gasteiger partial charge < -0.3 is 5.32 Å². The average Bonchev–Trinajstić information content (AvgIpc) is 2.83. The van der Waals surface area contributed by atoms with Crippen molar-refractivity contribution in [2.45, 2.75) is 25.3 Å². The van der Waals surface area contributed by atoms with Gasteiger partial charge in [0.05, 0.1) is 10.5 Å². The number of fused-ring (bicyclic) bond motifs is 1. The molecule has 0 saturated carbocycles. The molecule has 0 bridgehead atoms. The molecule has 18 heavy (non-hydrogen) atoms. The number of nitrogens with zero attached hydrogens (tertiary/aromatic N) is 2. The second-order valence-electron chi connectivity index (χ2n) is 4.22. The number of nitrogens with one attached hydrogen (secondary N) is 1. The van der Waals surface area contributed by atoms with Crippen LogP contribution in [0.4, 0.5) is 5.82 Å². The molecule has 2 aromatic rings. The van der Waals surface area contributed by atoms with Gasteiger partial charge in [0.2, 0.25) is 5.28 Å². The standard InChI is InChI=1S/C12H11BrClN3S/c13-8-6-15-12(14)17-11(8)16-9-2-1-3-10-7(9)4-5-18-10/h4-6,9H,1-3H2,(H,15,16,17). The molecule has 0 aliphatic heterocycles. The summed E-state index contributed by atoms with van der Waals surface area (Å²) in [6, 6.07) is 2.52. The van der Waals surface area contributed by atoms with E-state index in [9.17, 15) is 0 Å². The van der Waals surface area contributed by atoms with E-state index in [1.54, 1.807) is 6.20 Å². The van der Waals surface area contributed by atoms with Crippen molar-refractivity contribution in [2.24, 2.45) is 0 Å². The van der Waals surface area contributed by atoms with Crippen LogP contribution in [0.25, 0.3) is 0 Å². The van der Waals surface area contributed by atoms with Crippen molar-refractivity contribution in [3.05, 3.63) is 37.8 Å². The van der Waals surface area contributed by atoms with E-state index in [0.717, 1.165) is 16.7 Å². The van der Waals surface area contributed by atoms with Gasteiger partial charge in [-0.05, 0) is 63.8 Å². The largest absolute Gasteiger partial charge is 0.362 e. The van der Waals surface area contributed by atoms with Gasteiger partial charge in [-0.1, -0.05) is 0 Å². The SMILES string of the molecule is Clc1ncc(Br)c(NC2CCCc3sccc32)n1. The highest BCUT2D eigenvalue weighted by atomic mass is 79.9. The van der Waals surface area contributed by atoms with Gasteiger partial charge in [0.25, 0.3) is 0 Å². The van der Waals surface area contributed by atoms with Crippen LogP contribution >= 0.6 is 38.9 Å². The summed E-state index contributed by atoms with van der Waals surface area (Å²) in [5.74, 6) is 0.763. The highest BCUT2D eigenvalue weighted by Crippen LogP contribution is 2.36. The molecule has 1 aliphatic rings. The van der Waals surface area contributed by atoms with E-state index in [1.165, 1.54) is 23.3 Å². The normalized spacial score (nSPS) is 18.4. The average molecular weight is 345 g/mol. The summed E-state index contributed by atoms with van der Waals surface area (Å²) in [4.78, 5) is 9.64. The summed E-state index contributed by atoms with van der Waals surface area (Å²) in [6.45, 7) is 0. The predicted octanol–water partition coefficient (Wildman–Crippen LogP) is 4.44. The van der Waals surface area contributed by atoms with E-state index < -0.39 is 0 Å². The number of rotatable bonds is 2. The Morgan fingerprint density at radius 2 is 2.39 bits per heavy atom. The van der Waals surface area contributed by atoms with Gasteiger partial charge in [0, 0.05) is 11.1 Å². The van der Waals surface area contributed by atoms with Crippen LogP contribution in [0, 0.1) is 0 Å². The second kappa shape index (κ2) is 5.15. The van der Waals surface area contributed by atoms with Crippen molar-refractivity contribution in [1.82, 2.24) is 9.97 Å². The molecule has 1 aliphatic carbocycles. The lowest BCUT2D eigenvalue weighted by molar-refractivity contribution is 0.606. The molecule has 1 atom stereocenters. The van der Waals surface area contributed by atoms with Crippen molar-refractivity contribution in [3.8, 4) is 0 Å². The van der Waals surface area contributed by atoms with Crippen molar-refractivity contribution in [3.63, 3.8) is 0 Å². The summed E-state index contributed by atoms with van der Waals surface area (Å²) < 4.78 is 0.842. The predicted molar refractivity (Wildman–Crippen MR) is 78.4 cm³/mol. The molecule has 1 unspecified atom stereocenters. The van der Waals surface area contributed by atoms with Gasteiger partial charge in [-0.25, -0.2) is 4.98 Å². The Kier molecular flexibility index (Phi) is 3.54. The Hall–Kier alpha value is -0.650. The van der Waals surface area contributed by atoms with E-state index in [0.29, 0.717) is 6.04 Å². The molecular formula is C12H11BrClN3S. The maximum absolute atomic E-state index is 5.83. The lowest BCUT2D eigenvalue weighted by Gasteiger charge is -2.24. The van der Waals surface area contributed by atoms with E-state index in [4.69, 9.17) is 11.6 Å². The summed E-state index contributed by atoms with van der Waals surface area (Å²) in [5.41, 5.74) is 1.40. The highest BCUT2D eigenvalue weighted by Gasteiger charge is 2.22. The van der Waals surface area contributed by atoms with Crippen LogP contribution in [0.3, 0.4) is 0 Å². The summed E-state index contributed by atoms with van der Waals surface area (Å²) in [7, 11) is 0. The van der Waals surface area contributed by atoms with E-state index in [2.05, 4.69) is 42.7 Å². The van der Waals surface area contributed by atoms with Gasteiger partial charge in [-0.3, -0.25) is 0 Å². The molecule has 1 N–H and O–H groups in total. The Morgan fingerprint density at radius 1 is 1.50 bits per heavy atom. The Balaban J connectivity index is 1.88. The highest BCUT2D eigenvalue weighted by molar-refractivity contribution is 9.10. The fourth-order valence-corrected chi connectivity index (χ4v) is 3.67. The van der Waals surface area contributed by atoms with Crippen LogP contribution in [0.1, 0.15) is 29.3 Å². The quantitative estimate of drug-likeness (QED) is 0.818. The fraction of sp³-hybridized carbons (Fsp3) is 0.333. The molecule has 0 fully saturated rings. The zero-order chi connectivity index (χ0) is 12.5. The number of aromatic nitrogens is 2. The molecule has 0 spiro atoms. The molecule has 0 aromatic carbocycles. The van der Waals surface area contributed by atoms with Crippen molar-refractivity contribution in [2.75, 3.05) is 5.32 Å². The Labute approximate surface area is 123 Å². The first-order chi connectivity index (χ1) is 8.74. The summed E-state index contributed by atoms with van der Waals surface area (Å²) in [6.07, 6.45) is 5.20. The third kappa shape index (κ3) is 2.39. The van der Waals surface area contributed by atoms with Crippen molar-refractivity contribution < 1.29 is 0 Å². The minimum Gasteiger partial charge on any atom is -0.362 e. The van der Waals surface area contributed by atoms with Crippen molar-refractivity contribution in [1.29, 1.82) is 0 Å². The Bertz CT molecular complexity index is 572. The zero-order valence-corrected chi connectivity index (χ0v) is 12.6. The monoisotopic (exact) mass is 343 g/mol. The number of thiophene rings is 1. The van der Waals surface area contributed by atoms with Crippen LogP contribution in [0.15, 0.2) is 22.1 Å². The molecule has 2 heterocycles. The zero-order valence-electron chi connectivity index (χ0n) is 9.49. The molecular weight excluding hydrogens is 334 g/mol. The minimum atomic E-state index is 0.266. The van der Waals surface area contributed by atoms with Crippen LogP contribution in [-0.4, -0.2) is 9.97 Å². The number of anilines is 1. The van der Waals surface area contributed by atoms with Gasteiger partial charge in [0.15, 0.2) is 0 Å². The van der Waals surface area contributed by atoms with Crippen LogP contribution in [0.5, 0.6) is 0 Å². The lowest BCUT2D eigenvalue weighted by Crippen LogP contribution is -2.16. The third-order valence-electron chi connectivity index (χ3n) is 3.08. The molecule has 6 heteroatoms. The number of aryl methyl sites for hydroxylation is 1. The van der Waals surface area contributed by atoms with E-state index >= 15 is 0 Å². The second-order valence-corrected chi connectivity index (χ2v) is 6.42. The number of hydrogen-bond donors (Lipinski definition) is 1. The first kappa shape index (κ1) is 12.4. The molecule has 3 nitrogen and oxygen atoms in total. The van der Waals surface area contributed by atoms with Crippen LogP contribution in [-0.2, 0) is 6.42 Å². The van der Waals surface area contributed by atoms with Gasteiger partial charge in [-0.15, -0.1) is 11.3 Å². The van der Waals surface area contributed by atoms with Crippen molar-refractivity contribution >= 4 is 44.7 Å². The number of halogens is 2. The molecule has 94 valence electrons.